The highest BCUT2D eigenvalue weighted by atomic mass is 15.3. The number of hydrogen-bond acceptors (Lipinski definition) is 1. The van der Waals surface area contributed by atoms with Crippen LogP contribution < -0.4 is 0 Å². The number of rotatable bonds is 4. The lowest BCUT2D eigenvalue weighted by Crippen LogP contribution is -2.04. The minimum Gasteiger partial charge on any atom is -0.263 e. The maximum absolute atomic E-state index is 4.31. The van der Waals surface area contributed by atoms with Gasteiger partial charge in [-0.25, -0.2) is 0 Å². The molecule has 82 valence electrons. The third kappa shape index (κ3) is 3.08. The molecular formula is C13H20N2. The topological polar surface area (TPSA) is 17.8 Å². The molecule has 0 aliphatic heterocycles. The molecule has 1 heterocycles. The molecule has 0 aromatic carbocycles. The molecule has 0 bridgehead atoms. The van der Waals surface area contributed by atoms with Crippen molar-refractivity contribution in [1.82, 2.24) is 9.78 Å². The standard InChI is InChI=1S/C13H20N2/c1-5-7-12(6-2)10-13-8-9-14-15(13)11(3)4/h5,7-11H,6H2,1-4H3/b7-5-,12-10+. The van der Waals surface area contributed by atoms with E-state index in [1.54, 1.807) is 0 Å². The van der Waals surface area contributed by atoms with Gasteiger partial charge in [-0.3, -0.25) is 4.68 Å². The van der Waals surface area contributed by atoms with Crippen LogP contribution in [0.1, 0.15) is 45.9 Å². The smallest absolute Gasteiger partial charge is 0.0615 e. The van der Waals surface area contributed by atoms with Crippen LogP contribution in [0.5, 0.6) is 0 Å². The first-order chi connectivity index (χ1) is 7.19. The molecule has 0 atom stereocenters. The molecule has 0 amide bonds. The summed E-state index contributed by atoms with van der Waals surface area (Å²) in [6, 6.07) is 2.47. The second-order valence-corrected chi connectivity index (χ2v) is 3.87. The first kappa shape index (κ1) is 11.8. The van der Waals surface area contributed by atoms with Crippen LogP contribution in [-0.4, -0.2) is 9.78 Å². The van der Waals surface area contributed by atoms with Crippen molar-refractivity contribution in [1.29, 1.82) is 0 Å². The molecule has 15 heavy (non-hydrogen) atoms. The molecule has 2 nitrogen and oxygen atoms in total. The zero-order valence-electron chi connectivity index (χ0n) is 10.1. The summed E-state index contributed by atoms with van der Waals surface area (Å²) >= 11 is 0. The molecule has 1 aromatic heterocycles. The summed E-state index contributed by atoms with van der Waals surface area (Å²) in [7, 11) is 0. The molecule has 2 heteroatoms. The molecule has 0 saturated heterocycles. The highest BCUT2D eigenvalue weighted by Crippen LogP contribution is 2.14. The molecule has 0 aliphatic rings. The van der Waals surface area contributed by atoms with Crippen LogP contribution in [0.25, 0.3) is 6.08 Å². The summed E-state index contributed by atoms with van der Waals surface area (Å²) in [6.07, 6.45) is 9.33. The molecule has 0 unspecified atom stereocenters. The van der Waals surface area contributed by atoms with Gasteiger partial charge in [0.05, 0.1) is 5.69 Å². The predicted molar refractivity (Wildman–Crippen MR) is 65.7 cm³/mol. The van der Waals surface area contributed by atoms with Crippen molar-refractivity contribution in [3.05, 3.63) is 35.7 Å². The highest BCUT2D eigenvalue weighted by Gasteiger charge is 2.03. The van der Waals surface area contributed by atoms with Crippen molar-refractivity contribution in [2.45, 2.75) is 40.2 Å². The van der Waals surface area contributed by atoms with E-state index < -0.39 is 0 Å². The third-order valence-electron chi connectivity index (χ3n) is 2.31. The Bertz CT molecular complexity index is 356. The second-order valence-electron chi connectivity index (χ2n) is 3.87. The highest BCUT2D eigenvalue weighted by molar-refractivity contribution is 5.52. The Hall–Kier alpha value is -1.31. The monoisotopic (exact) mass is 204 g/mol. The predicted octanol–water partition coefficient (Wildman–Crippen LogP) is 3.83. The van der Waals surface area contributed by atoms with E-state index in [0.717, 1.165) is 6.42 Å². The van der Waals surface area contributed by atoms with Gasteiger partial charge in [0.25, 0.3) is 0 Å². The van der Waals surface area contributed by atoms with Crippen LogP contribution in [0.15, 0.2) is 30.0 Å². The van der Waals surface area contributed by atoms with E-state index in [-0.39, 0.29) is 0 Å². The Kier molecular flexibility index (Phi) is 4.35. The van der Waals surface area contributed by atoms with Crippen LogP contribution in [0.3, 0.4) is 0 Å². The van der Waals surface area contributed by atoms with Gasteiger partial charge in [0.2, 0.25) is 0 Å². The van der Waals surface area contributed by atoms with Crippen LogP contribution >= 0.6 is 0 Å². The summed E-state index contributed by atoms with van der Waals surface area (Å²) in [6.45, 7) is 8.50. The van der Waals surface area contributed by atoms with Crippen molar-refractivity contribution in [2.75, 3.05) is 0 Å². The Morgan fingerprint density at radius 1 is 1.53 bits per heavy atom. The van der Waals surface area contributed by atoms with E-state index in [1.807, 2.05) is 17.8 Å². The molecular weight excluding hydrogens is 184 g/mol. The number of hydrogen-bond donors (Lipinski definition) is 0. The van der Waals surface area contributed by atoms with Crippen LogP contribution in [0.4, 0.5) is 0 Å². The maximum Gasteiger partial charge on any atom is 0.0615 e. The normalized spacial score (nSPS) is 13.0. The van der Waals surface area contributed by atoms with E-state index >= 15 is 0 Å². The van der Waals surface area contributed by atoms with Crippen LogP contribution in [-0.2, 0) is 0 Å². The molecule has 0 fully saturated rings. The zero-order chi connectivity index (χ0) is 11.3. The summed E-state index contributed by atoms with van der Waals surface area (Å²) in [5, 5.41) is 4.31. The van der Waals surface area contributed by atoms with Gasteiger partial charge in [-0.15, -0.1) is 0 Å². The summed E-state index contributed by atoms with van der Waals surface area (Å²) in [5.41, 5.74) is 2.51. The molecule has 0 aliphatic carbocycles. The van der Waals surface area contributed by atoms with E-state index in [2.05, 4.69) is 50.2 Å². The summed E-state index contributed by atoms with van der Waals surface area (Å²) in [4.78, 5) is 0. The summed E-state index contributed by atoms with van der Waals surface area (Å²) in [5.74, 6) is 0. The lowest BCUT2D eigenvalue weighted by Gasteiger charge is -2.08. The Balaban J connectivity index is 3.00. The maximum atomic E-state index is 4.31. The quantitative estimate of drug-likeness (QED) is 0.681. The second kappa shape index (κ2) is 5.54. The largest absolute Gasteiger partial charge is 0.263 e. The van der Waals surface area contributed by atoms with E-state index in [1.165, 1.54) is 11.3 Å². The Labute approximate surface area is 92.3 Å². The average molecular weight is 204 g/mol. The van der Waals surface area contributed by atoms with Gasteiger partial charge >= 0.3 is 0 Å². The fraction of sp³-hybridized carbons (Fsp3) is 0.462. The third-order valence-corrected chi connectivity index (χ3v) is 2.31. The van der Waals surface area contributed by atoms with Crippen molar-refractivity contribution < 1.29 is 0 Å². The van der Waals surface area contributed by atoms with Gasteiger partial charge in [-0.2, -0.15) is 5.10 Å². The first-order valence-electron chi connectivity index (χ1n) is 5.55. The van der Waals surface area contributed by atoms with Crippen molar-refractivity contribution in [3.8, 4) is 0 Å². The average Bonchev–Trinajstić information content (AvgIpc) is 2.65. The number of nitrogens with zero attached hydrogens (tertiary/aromatic N) is 2. The van der Waals surface area contributed by atoms with Gasteiger partial charge in [0.15, 0.2) is 0 Å². The molecule has 0 spiro atoms. The SMILES string of the molecule is C/C=C\C(=C\c1ccnn1C(C)C)CC. The van der Waals surface area contributed by atoms with Gasteiger partial charge in [0.1, 0.15) is 0 Å². The lowest BCUT2D eigenvalue weighted by atomic mass is 10.1. The van der Waals surface area contributed by atoms with Gasteiger partial charge in [-0.05, 0) is 44.9 Å². The fourth-order valence-electron chi connectivity index (χ4n) is 1.54. The van der Waals surface area contributed by atoms with Gasteiger partial charge < -0.3 is 0 Å². The zero-order valence-corrected chi connectivity index (χ0v) is 10.1. The molecule has 1 aromatic rings. The van der Waals surface area contributed by atoms with E-state index in [9.17, 15) is 0 Å². The summed E-state index contributed by atoms with van der Waals surface area (Å²) < 4.78 is 2.04. The van der Waals surface area contributed by atoms with Crippen molar-refractivity contribution in [3.63, 3.8) is 0 Å². The Morgan fingerprint density at radius 2 is 2.27 bits per heavy atom. The molecule has 0 N–H and O–H groups in total. The van der Waals surface area contributed by atoms with Gasteiger partial charge in [0, 0.05) is 12.2 Å². The van der Waals surface area contributed by atoms with Crippen LogP contribution in [0, 0.1) is 0 Å². The number of aromatic nitrogens is 2. The molecule has 0 radical (unpaired) electrons. The lowest BCUT2D eigenvalue weighted by molar-refractivity contribution is 0.528. The first-order valence-corrected chi connectivity index (χ1v) is 5.55. The van der Waals surface area contributed by atoms with E-state index in [0.29, 0.717) is 6.04 Å². The Morgan fingerprint density at radius 3 is 2.80 bits per heavy atom. The molecule has 0 saturated carbocycles. The van der Waals surface area contributed by atoms with Crippen LogP contribution in [0.2, 0.25) is 0 Å². The fourth-order valence-corrected chi connectivity index (χ4v) is 1.54. The molecule has 1 rings (SSSR count). The van der Waals surface area contributed by atoms with E-state index in [4.69, 9.17) is 0 Å². The van der Waals surface area contributed by atoms with Crippen molar-refractivity contribution >= 4 is 6.08 Å². The minimum atomic E-state index is 0.412. The van der Waals surface area contributed by atoms with Gasteiger partial charge in [-0.1, -0.05) is 19.1 Å². The number of allylic oxidation sites excluding steroid dienone is 3. The van der Waals surface area contributed by atoms with Crippen molar-refractivity contribution in [2.24, 2.45) is 0 Å². The minimum absolute atomic E-state index is 0.412.